The predicted octanol–water partition coefficient (Wildman–Crippen LogP) is 2.44. The number of rotatable bonds is 4. The lowest BCUT2D eigenvalue weighted by Crippen LogP contribution is -2.33. The zero-order valence-corrected chi connectivity index (χ0v) is 12.2. The molecule has 1 rings (SSSR count). The van der Waals surface area contributed by atoms with Crippen LogP contribution in [0.5, 0.6) is 0 Å². The van der Waals surface area contributed by atoms with Gasteiger partial charge in [-0.05, 0) is 26.0 Å². The lowest BCUT2D eigenvalue weighted by molar-refractivity contribution is 0.549. The van der Waals surface area contributed by atoms with Crippen LogP contribution in [0.1, 0.15) is 25.8 Å². The van der Waals surface area contributed by atoms with E-state index in [9.17, 15) is 8.42 Å². The minimum atomic E-state index is -3.49. The third-order valence-electron chi connectivity index (χ3n) is 2.70. The van der Waals surface area contributed by atoms with Gasteiger partial charge in [0.2, 0.25) is 0 Å². The van der Waals surface area contributed by atoms with Gasteiger partial charge in [-0.25, -0.2) is 8.42 Å². The fourth-order valence-electron chi connectivity index (χ4n) is 1.62. The molecule has 100 valence electrons. The van der Waals surface area contributed by atoms with Crippen LogP contribution < -0.4 is 0 Å². The molecule has 0 aliphatic carbocycles. The Labute approximate surface area is 109 Å². The van der Waals surface area contributed by atoms with E-state index in [0.717, 1.165) is 5.56 Å². The van der Waals surface area contributed by atoms with Gasteiger partial charge in [0, 0.05) is 20.0 Å². The maximum atomic E-state index is 12.4. The minimum Gasteiger partial charge on any atom is -0.272 e. The van der Waals surface area contributed by atoms with Gasteiger partial charge in [0.15, 0.2) is 0 Å². The third kappa shape index (κ3) is 3.10. The van der Waals surface area contributed by atoms with Crippen LogP contribution in [0.15, 0.2) is 34.2 Å². The van der Waals surface area contributed by atoms with E-state index in [4.69, 9.17) is 0 Å². The summed E-state index contributed by atoms with van der Waals surface area (Å²) in [5.41, 5.74) is 1.04. The summed E-state index contributed by atoms with van der Waals surface area (Å²) in [5, 5.41) is 0. The summed E-state index contributed by atoms with van der Waals surface area (Å²) in [5.74, 6) is 0.582. The van der Waals surface area contributed by atoms with Crippen molar-refractivity contribution in [2.45, 2.75) is 32.1 Å². The summed E-state index contributed by atoms with van der Waals surface area (Å²) in [6, 6.07) is 6.84. The number of hydrogen-bond acceptors (Lipinski definition) is 3. The van der Waals surface area contributed by atoms with Crippen LogP contribution in [0, 0.1) is 6.92 Å². The van der Waals surface area contributed by atoms with Crippen molar-refractivity contribution >= 4 is 15.9 Å². The average molecular weight is 268 g/mol. The van der Waals surface area contributed by atoms with Crippen molar-refractivity contribution in [3.63, 3.8) is 0 Å². The second-order valence-electron chi connectivity index (χ2n) is 4.03. The van der Waals surface area contributed by atoms with Crippen LogP contribution in [-0.4, -0.2) is 32.2 Å². The Morgan fingerprint density at radius 3 is 2.22 bits per heavy atom. The molecule has 18 heavy (non-hydrogen) atoms. The Kier molecular flexibility index (Phi) is 4.90. The highest BCUT2D eigenvalue weighted by Crippen LogP contribution is 2.16. The molecule has 0 aliphatic heterocycles. The predicted molar refractivity (Wildman–Crippen MR) is 74.4 cm³/mol. The molecular weight excluding hydrogens is 248 g/mol. The lowest BCUT2D eigenvalue weighted by atomic mass is 10.2. The van der Waals surface area contributed by atoms with Crippen molar-refractivity contribution in [2.75, 3.05) is 13.6 Å². The Morgan fingerprint density at radius 2 is 1.78 bits per heavy atom. The van der Waals surface area contributed by atoms with Gasteiger partial charge in [-0.3, -0.25) is 9.30 Å². The van der Waals surface area contributed by atoms with Gasteiger partial charge in [-0.15, -0.1) is 0 Å². The fourth-order valence-corrected chi connectivity index (χ4v) is 2.88. The number of aryl methyl sites for hydroxylation is 1. The molecule has 1 aromatic carbocycles. The van der Waals surface area contributed by atoms with E-state index in [1.807, 2.05) is 20.8 Å². The van der Waals surface area contributed by atoms with E-state index in [2.05, 4.69) is 4.99 Å². The number of hydrogen-bond donors (Lipinski definition) is 0. The van der Waals surface area contributed by atoms with Crippen LogP contribution in [0.3, 0.4) is 0 Å². The molecule has 0 aromatic heterocycles. The molecule has 0 unspecified atom stereocenters. The first-order chi connectivity index (χ1) is 8.43. The normalized spacial score (nSPS) is 12.6. The van der Waals surface area contributed by atoms with Gasteiger partial charge < -0.3 is 0 Å². The first kappa shape index (κ1) is 14.7. The van der Waals surface area contributed by atoms with Crippen LogP contribution in [0.25, 0.3) is 0 Å². The number of aliphatic imine (C=N–C) groups is 1. The van der Waals surface area contributed by atoms with Crippen molar-refractivity contribution < 1.29 is 8.42 Å². The number of benzene rings is 1. The molecule has 0 saturated heterocycles. The molecular formula is C13H20N2O2S. The summed E-state index contributed by atoms with van der Waals surface area (Å²) in [7, 11) is -1.94. The highest BCUT2D eigenvalue weighted by atomic mass is 32.2. The third-order valence-corrected chi connectivity index (χ3v) is 4.50. The maximum absolute atomic E-state index is 12.4. The largest absolute Gasteiger partial charge is 0.272 e. The molecule has 0 bridgehead atoms. The monoisotopic (exact) mass is 268 g/mol. The van der Waals surface area contributed by atoms with Gasteiger partial charge in [0.25, 0.3) is 10.0 Å². The van der Waals surface area contributed by atoms with Gasteiger partial charge in [0.1, 0.15) is 5.84 Å². The molecule has 4 nitrogen and oxygen atoms in total. The summed E-state index contributed by atoms with van der Waals surface area (Å²) in [6.45, 7) is 6.30. The summed E-state index contributed by atoms with van der Waals surface area (Å²) in [6.07, 6.45) is 0.593. The molecule has 0 amide bonds. The number of nitrogens with zero attached hydrogens (tertiary/aromatic N) is 2. The van der Waals surface area contributed by atoms with Crippen molar-refractivity contribution in [3.8, 4) is 0 Å². The van der Waals surface area contributed by atoms with E-state index in [0.29, 0.717) is 23.7 Å². The molecule has 0 atom stereocenters. The van der Waals surface area contributed by atoms with Gasteiger partial charge in [-0.1, -0.05) is 24.6 Å². The molecule has 0 N–H and O–H groups in total. The van der Waals surface area contributed by atoms with Crippen molar-refractivity contribution in [1.29, 1.82) is 0 Å². The lowest BCUT2D eigenvalue weighted by Gasteiger charge is -2.20. The topological polar surface area (TPSA) is 49.7 Å². The van der Waals surface area contributed by atoms with E-state index in [1.54, 1.807) is 31.3 Å². The van der Waals surface area contributed by atoms with Crippen molar-refractivity contribution in [2.24, 2.45) is 4.99 Å². The van der Waals surface area contributed by atoms with Crippen LogP contribution >= 0.6 is 0 Å². The smallest absolute Gasteiger partial charge is 0.264 e. The van der Waals surface area contributed by atoms with E-state index < -0.39 is 10.0 Å². The van der Waals surface area contributed by atoms with Crippen LogP contribution in [0.2, 0.25) is 0 Å². The zero-order chi connectivity index (χ0) is 13.8. The zero-order valence-electron chi connectivity index (χ0n) is 11.3. The Hall–Kier alpha value is -1.36. The quantitative estimate of drug-likeness (QED) is 0.622. The van der Waals surface area contributed by atoms with Gasteiger partial charge in [0.05, 0.1) is 4.90 Å². The van der Waals surface area contributed by atoms with Crippen molar-refractivity contribution in [1.82, 2.24) is 4.31 Å². The molecule has 0 spiro atoms. The second-order valence-corrected chi connectivity index (χ2v) is 6.00. The van der Waals surface area contributed by atoms with E-state index >= 15 is 0 Å². The number of sulfonamides is 1. The SMILES string of the molecule is CCN=C(CC)N(C)S(=O)(=O)c1ccc(C)cc1. The van der Waals surface area contributed by atoms with Crippen LogP contribution in [0.4, 0.5) is 0 Å². The summed E-state index contributed by atoms with van der Waals surface area (Å²) >= 11 is 0. The van der Waals surface area contributed by atoms with E-state index in [1.165, 1.54) is 4.31 Å². The summed E-state index contributed by atoms with van der Waals surface area (Å²) < 4.78 is 26.0. The summed E-state index contributed by atoms with van der Waals surface area (Å²) in [4.78, 5) is 4.51. The molecule has 1 aromatic rings. The average Bonchev–Trinajstić information content (AvgIpc) is 2.35. The van der Waals surface area contributed by atoms with E-state index in [-0.39, 0.29) is 0 Å². The molecule has 0 radical (unpaired) electrons. The molecule has 0 saturated carbocycles. The van der Waals surface area contributed by atoms with Crippen LogP contribution in [-0.2, 0) is 10.0 Å². The van der Waals surface area contributed by atoms with Gasteiger partial charge in [-0.2, -0.15) is 0 Å². The molecule has 5 heteroatoms. The van der Waals surface area contributed by atoms with Crippen molar-refractivity contribution in [3.05, 3.63) is 29.8 Å². The highest BCUT2D eigenvalue weighted by molar-refractivity contribution is 7.89. The Bertz CT molecular complexity index is 518. The minimum absolute atomic E-state index is 0.299. The number of amidine groups is 1. The molecule has 0 aliphatic rings. The molecule has 0 heterocycles. The second kappa shape index (κ2) is 6.00. The standard InChI is InChI=1S/C13H20N2O2S/c1-5-13(14-6-2)15(4)18(16,17)12-9-7-11(3)8-10-12/h7-10H,5-6H2,1-4H3. The molecule has 0 fully saturated rings. The van der Waals surface area contributed by atoms with Gasteiger partial charge >= 0.3 is 0 Å². The highest BCUT2D eigenvalue weighted by Gasteiger charge is 2.22. The first-order valence-electron chi connectivity index (χ1n) is 6.02. The maximum Gasteiger partial charge on any atom is 0.264 e. The Morgan fingerprint density at radius 1 is 1.22 bits per heavy atom. The Balaban J connectivity index is 3.14. The first-order valence-corrected chi connectivity index (χ1v) is 7.46. The fraction of sp³-hybridized carbons (Fsp3) is 0.462.